The van der Waals surface area contributed by atoms with Crippen molar-refractivity contribution < 1.29 is 9.53 Å². The number of para-hydroxylation sites is 2. The molecule has 0 aliphatic carbocycles. The maximum absolute atomic E-state index is 12.9. The van der Waals surface area contributed by atoms with Crippen LogP contribution < -0.4 is 4.74 Å². The lowest BCUT2D eigenvalue weighted by Crippen LogP contribution is -2.48. The fourth-order valence-electron chi connectivity index (χ4n) is 4.05. The van der Waals surface area contributed by atoms with Gasteiger partial charge in [-0.2, -0.15) is 5.10 Å². The van der Waals surface area contributed by atoms with Gasteiger partial charge in [0, 0.05) is 44.0 Å². The minimum Gasteiger partial charge on any atom is -0.496 e. The molecule has 1 aromatic heterocycles. The summed E-state index contributed by atoms with van der Waals surface area (Å²) in [6.07, 6.45) is 0. The molecule has 0 unspecified atom stereocenters. The first-order valence-electron chi connectivity index (χ1n) is 10.3. The molecule has 2 aromatic carbocycles. The second kappa shape index (κ2) is 8.71. The van der Waals surface area contributed by atoms with Crippen molar-refractivity contribution in [3.05, 3.63) is 77.1 Å². The Kier molecular flexibility index (Phi) is 5.86. The third-order valence-corrected chi connectivity index (χ3v) is 5.82. The maximum atomic E-state index is 12.9. The Bertz CT molecular complexity index is 1020. The molecule has 0 saturated carbocycles. The largest absolute Gasteiger partial charge is 0.496 e. The number of aromatic nitrogens is 2. The zero-order valence-corrected chi connectivity index (χ0v) is 17.8. The van der Waals surface area contributed by atoms with Gasteiger partial charge in [-0.05, 0) is 38.1 Å². The predicted octanol–water partition coefficient (Wildman–Crippen LogP) is 3.46. The summed E-state index contributed by atoms with van der Waals surface area (Å²) in [7, 11) is 1.60. The second-order valence-corrected chi connectivity index (χ2v) is 7.67. The van der Waals surface area contributed by atoms with Crippen molar-refractivity contribution in [3.8, 4) is 11.4 Å². The van der Waals surface area contributed by atoms with E-state index in [9.17, 15) is 4.79 Å². The molecule has 1 aliphatic rings. The highest BCUT2D eigenvalue weighted by molar-refractivity contribution is 5.97. The number of rotatable bonds is 5. The molecule has 0 radical (unpaired) electrons. The quantitative estimate of drug-likeness (QED) is 0.654. The monoisotopic (exact) mass is 404 g/mol. The lowest BCUT2D eigenvalue weighted by Gasteiger charge is -2.35. The van der Waals surface area contributed by atoms with E-state index in [-0.39, 0.29) is 5.91 Å². The number of benzene rings is 2. The van der Waals surface area contributed by atoms with Crippen LogP contribution in [0.5, 0.6) is 5.75 Å². The molecule has 0 N–H and O–H groups in total. The van der Waals surface area contributed by atoms with Gasteiger partial charge in [0.25, 0.3) is 5.91 Å². The van der Waals surface area contributed by atoms with E-state index in [1.54, 1.807) is 7.11 Å². The Morgan fingerprint density at radius 2 is 1.63 bits per heavy atom. The van der Waals surface area contributed by atoms with E-state index in [2.05, 4.69) is 30.9 Å². The summed E-state index contributed by atoms with van der Waals surface area (Å²) >= 11 is 0. The number of carbonyl (C=O) groups is 1. The van der Waals surface area contributed by atoms with Gasteiger partial charge in [-0.25, -0.2) is 4.68 Å². The summed E-state index contributed by atoms with van der Waals surface area (Å²) in [5.41, 5.74) is 5.21. The molecule has 3 aromatic rings. The Morgan fingerprint density at radius 1 is 0.967 bits per heavy atom. The number of ether oxygens (including phenoxy) is 1. The molecule has 1 fully saturated rings. The zero-order chi connectivity index (χ0) is 21.1. The number of methoxy groups -OCH3 is 1. The Hall–Kier alpha value is -3.12. The van der Waals surface area contributed by atoms with Crippen LogP contribution in [0.25, 0.3) is 5.69 Å². The molecule has 1 aliphatic heterocycles. The molecule has 4 rings (SSSR count). The molecule has 1 amide bonds. The molecule has 6 nitrogen and oxygen atoms in total. The topological polar surface area (TPSA) is 50.6 Å². The van der Waals surface area contributed by atoms with Crippen LogP contribution in [0.1, 0.15) is 27.3 Å². The number of hydrogen-bond donors (Lipinski definition) is 0. The molecule has 30 heavy (non-hydrogen) atoms. The number of piperazine rings is 1. The van der Waals surface area contributed by atoms with E-state index in [4.69, 9.17) is 9.84 Å². The van der Waals surface area contributed by atoms with Crippen LogP contribution >= 0.6 is 0 Å². The Morgan fingerprint density at radius 3 is 2.33 bits per heavy atom. The Labute approximate surface area is 177 Å². The minimum atomic E-state index is 0.0383. The summed E-state index contributed by atoms with van der Waals surface area (Å²) < 4.78 is 7.38. The fourth-order valence-corrected chi connectivity index (χ4v) is 4.05. The first-order valence-corrected chi connectivity index (χ1v) is 10.3. The third-order valence-electron chi connectivity index (χ3n) is 5.82. The van der Waals surface area contributed by atoms with Crippen molar-refractivity contribution >= 4 is 5.91 Å². The summed E-state index contributed by atoms with van der Waals surface area (Å²) in [5, 5.41) is 4.76. The van der Waals surface area contributed by atoms with E-state index in [1.807, 2.05) is 52.0 Å². The number of nitrogens with zero attached hydrogens (tertiary/aromatic N) is 4. The summed E-state index contributed by atoms with van der Waals surface area (Å²) in [4.78, 5) is 17.2. The van der Waals surface area contributed by atoms with Gasteiger partial charge in [0.15, 0.2) is 0 Å². The van der Waals surface area contributed by atoms with Crippen LogP contribution in [0.2, 0.25) is 0 Å². The molecule has 0 spiro atoms. The molecule has 0 atom stereocenters. The molecule has 1 saturated heterocycles. The zero-order valence-electron chi connectivity index (χ0n) is 17.8. The summed E-state index contributed by atoms with van der Waals surface area (Å²) in [6.45, 7) is 8.16. The minimum absolute atomic E-state index is 0.0383. The van der Waals surface area contributed by atoms with Crippen molar-refractivity contribution in [2.24, 2.45) is 0 Å². The van der Waals surface area contributed by atoms with Crippen molar-refractivity contribution in [1.29, 1.82) is 0 Å². The number of carbonyl (C=O) groups excluding carboxylic acids is 1. The first-order chi connectivity index (χ1) is 14.6. The highest BCUT2D eigenvalue weighted by Crippen LogP contribution is 2.22. The molecule has 6 heteroatoms. The normalized spacial score (nSPS) is 14.7. The van der Waals surface area contributed by atoms with Gasteiger partial charge in [-0.3, -0.25) is 9.69 Å². The van der Waals surface area contributed by atoms with E-state index >= 15 is 0 Å². The standard InChI is InChI=1S/C24H28N4O2/c1-18-22(19(2)28(25-18)20-9-5-4-6-10-20)17-26-13-15-27(16-14-26)24(29)21-11-7-8-12-23(21)30-3/h4-12H,13-17H2,1-3H3. The average Bonchev–Trinajstić information content (AvgIpc) is 3.08. The number of aryl methyl sites for hydroxylation is 1. The van der Waals surface area contributed by atoms with Crippen molar-refractivity contribution in [3.63, 3.8) is 0 Å². The van der Waals surface area contributed by atoms with Crippen LogP contribution in [0.4, 0.5) is 0 Å². The fraction of sp³-hybridized carbons (Fsp3) is 0.333. The van der Waals surface area contributed by atoms with Crippen LogP contribution in [0.15, 0.2) is 54.6 Å². The van der Waals surface area contributed by atoms with E-state index in [1.165, 1.54) is 11.3 Å². The van der Waals surface area contributed by atoms with Gasteiger partial charge in [-0.15, -0.1) is 0 Å². The van der Waals surface area contributed by atoms with Gasteiger partial charge >= 0.3 is 0 Å². The third kappa shape index (κ3) is 3.96. The smallest absolute Gasteiger partial charge is 0.257 e. The van der Waals surface area contributed by atoms with Crippen LogP contribution in [0.3, 0.4) is 0 Å². The van der Waals surface area contributed by atoms with Crippen molar-refractivity contribution in [2.45, 2.75) is 20.4 Å². The average molecular weight is 405 g/mol. The maximum Gasteiger partial charge on any atom is 0.257 e. The lowest BCUT2D eigenvalue weighted by molar-refractivity contribution is 0.0624. The van der Waals surface area contributed by atoms with E-state index < -0.39 is 0 Å². The van der Waals surface area contributed by atoms with Crippen molar-refractivity contribution in [2.75, 3.05) is 33.3 Å². The highest BCUT2D eigenvalue weighted by atomic mass is 16.5. The van der Waals surface area contributed by atoms with Gasteiger partial charge < -0.3 is 9.64 Å². The molecule has 156 valence electrons. The summed E-state index contributed by atoms with van der Waals surface area (Å²) in [6, 6.07) is 17.7. The van der Waals surface area contributed by atoms with Crippen molar-refractivity contribution in [1.82, 2.24) is 19.6 Å². The van der Waals surface area contributed by atoms with Gasteiger partial charge in [-0.1, -0.05) is 30.3 Å². The van der Waals surface area contributed by atoms with Crippen LogP contribution in [-0.2, 0) is 6.54 Å². The number of amides is 1. The van der Waals surface area contributed by atoms with Gasteiger partial charge in [0.2, 0.25) is 0 Å². The second-order valence-electron chi connectivity index (χ2n) is 7.67. The molecular weight excluding hydrogens is 376 g/mol. The lowest BCUT2D eigenvalue weighted by atomic mass is 10.1. The Balaban J connectivity index is 1.42. The number of hydrogen-bond acceptors (Lipinski definition) is 4. The molecular formula is C24H28N4O2. The van der Waals surface area contributed by atoms with Gasteiger partial charge in [0.1, 0.15) is 5.75 Å². The molecule has 0 bridgehead atoms. The van der Waals surface area contributed by atoms with E-state index in [0.717, 1.165) is 31.0 Å². The van der Waals surface area contributed by atoms with Crippen LogP contribution in [-0.4, -0.2) is 58.8 Å². The van der Waals surface area contributed by atoms with Crippen LogP contribution in [0, 0.1) is 13.8 Å². The van der Waals surface area contributed by atoms with Gasteiger partial charge in [0.05, 0.1) is 24.1 Å². The van der Waals surface area contributed by atoms with E-state index in [0.29, 0.717) is 24.4 Å². The SMILES string of the molecule is COc1ccccc1C(=O)N1CCN(Cc2c(C)nn(-c3ccccc3)c2C)CC1. The predicted molar refractivity (Wildman–Crippen MR) is 117 cm³/mol. The highest BCUT2D eigenvalue weighted by Gasteiger charge is 2.25. The summed E-state index contributed by atoms with van der Waals surface area (Å²) in [5.74, 6) is 0.667. The molecule has 2 heterocycles. The first kappa shape index (κ1) is 20.2.